The van der Waals surface area contributed by atoms with Crippen LogP contribution in [0.25, 0.3) is 0 Å². The number of nitro benzene ring substituents is 1. The highest BCUT2D eigenvalue weighted by molar-refractivity contribution is 6.00. The first-order valence-corrected chi connectivity index (χ1v) is 8.52. The first-order chi connectivity index (χ1) is 12.9. The maximum atomic E-state index is 12.4. The molecule has 1 N–H and O–H groups in total. The summed E-state index contributed by atoms with van der Waals surface area (Å²) in [6, 6.07) is 11.4. The lowest BCUT2D eigenvalue weighted by Gasteiger charge is -2.17. The summed E-state index contributed by atoms with van der Waals surface area (Å²) in [5, 5.41) is 13.7. The van der Waals surface area contributed by atoms with Gasteiger partial charge in [-0.15, -0.1) is 0 Å². The number of nitro groups is 1. The van der Waals surface area contributed by atoms with Crippen LogP contribution < -0.4 is 19.7 Å². The Kier molecular flexibility index (Phi) is 6.99. The largest absolute Gasteiger partial charge is 0.494 e. The third-order valence-corrected chi connectivity index (χ3v) is 3.71. The summed E-state index contributed by atoms with van der Waals surface area (Å²) in [5.74, 6) is 1.04. The van der Waals surface area contributed by atoms with Crippen LogP contribution in [0.15, 0.2) is 42.5 Å². The van der Waals surface area contributed by atoms with Crippen molar-refractivity contribution >= 4 is 17.3 Å². The van der Waals surface area contributed by atoms with Gasteiger partial charge in [0.05, 0.1) is 23.6 Å². The van der Waals surface area contributed by atoms with Crippen LogP contribution in [0.4, 0.5) is 11.4 Å². The lowest BCUT2D eigenvalue weighted by molar-refractivity contribution is -0.384. The van der Waals surface area contributed by atoms with E-state index >= 15 is 0 Å². The molecule has 0 unspecified atom stereocenters. The molecule has 8 heteroatoms. The Hall–Kier alpha value is -3.29. The van der Waals surface area contributed by atoms with E-state index < -0.39 is 10.8 Å². The first kappa shape index (κ1) is 20.0. The molecular weight excluding hydrogens is 350 g/mol. The zero-order valence-electron chi connectivity index (χ0n) is 15.6. The van der Waals surface area contributed by atoms with Crippen LogP contribution in [-0.4, -0.2) is 44.7 Å². The first-order valence-electron chi connectivity index (χ1n) is 8.52. The zero-order chi connectivity index (χ0) is 19.8. The standard InChI is InChI=1S/C19H23N3O5/c1-4-26-15-6-8-16(9-7-15)27-12-11-20-19(23)17-13-14(22(24)25)5-10-18(17)21(2)3/h5-10,13H,4,11-12H2,1-3H3,(H,20,23). The summed E-state index contributed by atoms with van der Waals surface area (Å²) < 4.78 is 10.9. The van der Waals surface area contributed by atoms with Crippen LogP contribution in [0, 0.1) is 10.1 Å². The number of rotatable bonds is 9. The van der Waals surface area contributed by atoms with Gasteiger partial charge < -0.3 is 19.7 Å². The van der Waals surface area contributed by atoms with Crippen molar-refractivity contribution in [3.8, 4) is 11.5 Å². The number of nitrogens with one attached hydrogen (secondary N) is 1. The molecule has 0 spiro atoms. The molecule has 8 nitrogen and oxygen atoms in total. The van der Waals surface area contributed by atoms with Crippen LogP contribution in [0.1, 0.15) is 17.3 Å². The van der Waals surface area contributed by atoms with Gasteiger partial charge in [-0.05, 0) is 37.3 Å². The lowest BCUT2D eigenvalue weighted by atomic mass is 10.1. The molecule has 2 aromatic carbocycles. The third-order valence-electron chi connectivity index (χ3n) is 3.71. The Balaban J connectivity index is 1.93. The SMILES string of the molecule is CCOc1ccc(OCCNC(=O)c2cc([N+](=O)[O-])ccc2N(C)C)cc1. The number of ether oxygens (including phenoxy) is 2. The maximum Gasteiger partial charge on any atom is 0.270 e. The number of amides is 1. The Labute approximate surface area is 157 Å². The molecule has 0 heterocycles. The summed E-state index contributed by atoms with van der Waals surface area (Å²) in [4.78, 5) is 24.6. The van der Waals surface area contributed by atoms with Gasteiger partial charge in [0, 0.05) is 31.9 Å². The van der Waals surface area contributed by atoms with E-state index in [-0.39, 0.29) is 24.4 Å². The summed E-state index contributed by atoms with van der Waals surface area (Å²) in [7, 11) is 3.54. The van der Waals surface area contributed by atoms with E-state index in [9.17, 15) is 14.9 Å². The molecule has 2 aromatic rings. The van der Waals surface area contributed by atoms with Gasteiger partial charge in [-0.25, -0.2) is 0 Å². The molecular formula is C19H23N3O5. The van der Waals surface area contributed by atoms with Gasteiger partial charge in [-0.2, -0.15) is 0 Å². The number of benzene rings is 2. The number of carbonyl (C=O) groups excluding carboxylic acids is 1. The molecule has 0 atom stereocenters. The molecule has 144 valence electrons. The number of nitrogens with zero attached hydrogens (tertiary/aromatic N) is 2. The van der Waals surface area contributed by atoms with E-state index in [0.29, 0.717) is 18.0 Å². The van der Waals surface area contributed by atoms with Gasteiger partial charge in [0.15, 0.2) is 0 Å². The van der Waals surface area contributed by atoms with E-state index in [0.717, 1.165) is 5.75 Å². The molecule has 0 fully saturated rings. The van der Waals surface area contributed by atoms with Crippen molar-refractivity contribution in [1.82, 2.24) is 5.32 Å². The minimum atomic E-state index is -0.523. The number of anilines is 1. The maximum absolute atomic E-state index is 12.4. The highest BCUT2D eigenvalue weighted by atomic mass is 16.6. The van der Waals surface area contributed by atoms with E-state index in [1.807, 2.05) is 19.1 Å². The summed E-state index contributed by atoms with van der Waals surface area (Å²) >= 11 is 0. The number of carbonyl (C=O) groups is 1. The van der Waals surface area contributed by atoms with Crippen molar-refractivity contribution in [2.24, 2.45) is 0 Å². The van der Waals surface area contributed by atoms with Gasteiger partial charge in [-0.1, -0.05) is 0 Å². The second kappa shape index (κ2) is 9.42. The van der Waals surface area contributed by atoms with Crippen LogP contribution in [0.2, 0.25) is 0 Å². The molecule has 0 aliphatic rings. The molecule has 0 radical (unpaired) electrons. The zero-order valence-corrected chi connectivity index (χ0v) is 15.6. The molecule has 0 bridgehead atoms. The van der Waals surface area contributed by atoms with Gasteiger partial charge >= 0.3 is 0 Å². The highest BCUT2D eigenvalue weighted by Crippen LogP contribution is 2.24. The molecule has 0 aliphatic carbocycles. The smallest absolute Gasteiger partial charge is 0.270 e. The Morgan fingerprint density at radius 3 is 2.30 bits per heavy atom. The molecule has 0 saturated carbocycles. The Morgan fingerprint density at radius 1 is 1.11 bits per heavy atom. The Morgan fingerprint density at radius 2 is 1.74 bits per heavy atom. The minimum absolute atomic E-state index is 0.128. The van der Waals surface area contributed by atoms with Crippen molar-refractivity contribution in [3.63, 3.8) is 0 Å². The number of non-ortho nitro benzene ring substituents is 1. The van der Waals surface area contributed by atoms with Crippen LogP contribution >= 0.6 is 0 Å². The van der Waals surface area contributed by atoms with Crippen molar-refractivity contribution in [2.45, 2.75) is 6.92 Å². The number of hydrogen-bond donors (Lipinski definition) is 1. The van der Waals surface area contributed by atoms with Crippen LogP contribution in [-0.2, 0) is 0 Å². The van der Waals surface area contributed by atoms with Crippen molar-refractivity contribution in [1.29, 1.82) is 0 Å². The summed E-state index contributed by atoms with van der Waals surface area (Å²) in [6.07, 6.45) is 0. The monoisotopic (exact) mass is 373 g/mol. The summed E-state index contributed by atoms with van der Waals surface area (Å²) in [6.45, 7) is 3.04. The van der Waals surface area contributed by atoms with Crippen LogP contribution in [0.5, 0.6) is 11.5 Å². The topological polar surface area (TPSA) is 93.9 Å². The fourth-order valence-electron chi connectivity index (χ4n) is 2.44. The van der Waals surface area contributed by atoms with Crippen molar-refractivity contribution in [3.05, 3.63) is 58.1 Å². The molecule has 27 heavy (non-hydrogen) atoms. The molecule has 1 amide bonds. The molecule has 2 rings (SSSR count). The van der Waals surface area contributed by atoms with E-state index in [2.05, 4.69) is 5.32 Å². The van der Waals surface area contributed by atoms with Crippen LogP contribution in [0.3, 0.4) is 0 Å². The normalized spacial score (nSPS) is 10.2. The van der Waals surface area contributed by atoms with Gasteiger partial charge in [0.2, 0.25) is 0 Å². The fraction of sp³-hybridized carbons (Fsp3) is 0.316. The average Bonchev–Trinajstić information content (AvgIpc) is 2.66. The summed E-state index contributed by atoms with van der Waals surface area (Å²) in [5.41, 5.74) is 0.720. The van der Waals surface area contributed by atoms with Gasteiger partial charge in [-0.3, -0.25) is 14.9 Å². The van der Waals surface area contributed by atoms with E-state index in [1.54, 1.807) is 37.2 Å². The van der Waals surface area contributed by atoms with E-state index in [4.69, 9.17) is 9.47 Å². The fourth-order valence-corrected chi connectivity index (χ4v) is 2.44. The quantitative estimate of drug-likeness (QED) is 0.413. The highest BCUT2D eigenvalue weighted by Gasteiger charge is 2.17. The predicted molar refractivity (Wildman–Crippen MR) is 103 cm³/mol. The number of hydrogen-bond acceptors (Lipinski definition) is 6. The molecule has 0 aliphatic heterocycles. The molecule has 0 saturated heterocycles. The Bertz CT molecular complexity index is 790. The third kappa shape index (κ3) is 5.60. The van der Waals surface area contributed by atoms with Gasteiger partial charge in [0.1, 0.15) is 18.1 Å². The minimum Gasteiger partial charge on any atom is -0.494 e. The second-order valence-corrected chi connectivity index (χ2v) is 5.86. The average molecular weight is 373 g/mol. The van der Waals surface area contributed by atoms with Crippen molar-refractivity contribution in [2.75, 3.05) is 38.8 Å². The molecule has 0 aromatic heterocycles. The van der Waals surface area contributed by atoms with Gasteiger partial charge in [0.25, 0.3) is 11.6 Å². The lowest BCUT2D eigenvalue weighted by Crippen LogP contribution is -2.29. The second-order valence-electron chi connectivity index (χ2n) is 5.86. The van der Waals surface area contributed by atoms with Crippen molar-refractivity contribution < 1.29 is 19.2 Å². The van der Waals surface area contributed by atoms with E-state index in [1.165, 1.54) is 12.1 Å². The predicted octanol–water partition coefficient (Wildman–Crippen LogP) is 2.87.